The molecule has 0 rings (SSSR count). The van der Waals surface area contributed by atoms with Crippen LogP contribution in [0.1, 0.15) is 33.1 Å². The summed E-state index contributed by atoms with van der Waals surface area (Å²) in [5, 5.41) is 3.24. The van der Waals surface area contributed by atoms with E-state index in [-0.39, 0.29) is 6.16 Å². The lowest BCUT2D eigenvalue weighted by Crippen LogP contribution is -2.16. The van der Waals surface area contributed by atoms with Gasteiger partial charge in [-0.25, -0.2) is 0 Å². The molecule has 0 bridgehead atoms. The van der Waals surface area contributed by atoms with Crippen molar-refractivity contribution in [3.63, 3.8) is 0 Å². The molecular weight excluding hydrogens is 201 g/mol. The Hall–Kier alpha value is 0.110. The van der Waals surface area contributed by atoms with Gasteiger partial charge >= 0.3 is 7.60 Å². The van der Waals surface area contributed by atoms with Crippen LogP contribution in [0.4, 0.5) is 0 Å². The molecule has 0 saturated heterocycles. The zero-order valence-electron chi connectivity index (χ0n) is 9.16. The second-order valence-corrected chi connectivity index (χ2v) is 5.22. The van der Waals surface area contributed by atoms with E-state index in [9.17, 15) is 9.46 Å². The van der Waals surface area contributed by atoms with E-state index in [4.69, 9.17) is 4.52 Å². The summed E-state index contributed by atoms with van der Waals surface area (Å²) < 4.78 is 16.0. The van der Waals surface area contributed by atoms with E-state index in [2.05, 4.69) is 12.2 Å². The van der Waals surface area contributed by atoms with E-state index in [1.807, 2.05) is 0 Å². The van der Waals surface area contributed by atoms with E-state index in [1.165, 1.54) is 0 Å². The minimum atomic E-state index is -3.28. The van der Waals surface area contributed by atoms with Gasteiger partial charge in [0.15, 0.2) is 0 Å². The Bertz CT molecular complexity index is 175. The molecule has 0 aliphatic rings. The Labute approximate surface area is 86.6 Å². The van der Waals surface area contributed by atoms with Crippen LogP contribution in [0, 0.1) is 0 Å². The minimum absolute atomic E-state index is 0.272. The second kappa shape index (κ2) is 8.42. The first-order valence-corrected chi connectivity index (χ1v) is 7.05. The molecule has 0 heterocycles. The fourth-order valence-corrected chi connectivity index (χ4v) is 2.29. The van der Waals surface area contributed by atoms with Crippen LogP contribution >= 0.6 is 7.60 Å². The summed E-state index contributed by atoms with van der Waals surface area (Å²) >= 11 is 0. The predicted octanol–water partition coefficient (Wildman–Crippen LogP) is 1.99. The summed E-state index contributed by atoms with van der Waals surface area (Å²) in [6, 6.07) is 0. The van der Waals surface area contributed by atoms with E-state index in [0.717, 1.165) is 32.4 Å². The quantitative estimate of drug-likeness (QED) is 0.463. The average Bonchev–Trinajstić information content (AvgIpc) is 2.11. The molecule has 0 aromatic heterocycles. The summed E-state index contributed by atoms with van der Waals surface area (Å²) in [5.41, 5.74) is 0. The predicted molar refractivity (Wildman–Crippen MR) is 58.7 cm³/mol. The van der Waals surface area contributed by atoms with Gasteiger partial charge in [0.05, 0.1) is 12.8 Å². The third-order valence-corrected chi connectivity index (χ3v) is 3.34. The fraction of sp³-hybridized carbons (Fsp3) is 1.00. The third-order valence-electron chi connectivity index (χ3n) is 1.80. The summed E-state index contributed by atoms with van der Waals surface area (Å²) in [6.45, 7) is 6.08. The Kier molecular flexibility index (Phi) is 8.49. The highest BCUT2D eigenvalue weighted by Gasteiger charge is 2.16. The number of rotatable bonds is 9. The highest BCUT2D eigenvalue weighted by molar-refractivity contribution is 7.52. The topological polar surface area (TPSA) is 58.6 Å². The van der Waals surface area contributed by atoms with Crippen LogP contribution in [-0.4, -0.2) is 30.8 Å². The molecule has 0 aromatic rings. The van der Waals surface area contributed by atoms with Crippen LogP contribution in [0.5, 0.6) is 0 Å². The van der Waals surface area contributed by atoms with E-state index < -0.39 is 7.60 Å². The van der Waals surface area contributed by atoms with Crippen molar-refractivity contribution in [2.75, 3.05) is 25.9 Å². The van der Waals surface area contributed by atoms with Crippen molar-refractivity contribution in [1.29, 1.82) is 0 Å². The van der Waals surface area contributed by atoms with E-state index in [1.54, 1.807) is 6.92 Å². The van der Waals surface area contributed by atoms with Gasteiger partial charge in [0.2, 0.25) is 0 Å². The van der Waals surface area contributed by atoms with Crippen molar-refractivity contribution in [1.82, 2.24) is 5.32 Å². The smallest absolute Gasteiger partial charge is 0.324 e. The van der Waals surface area contributed by atoms with Crippen LogP contribution < -0.4 is 5.32 Å². The Balaban J connectivity index is 3.30. The molecule has 0 fully saturated rings. The molecule has 0 saturated carbocycles. The standard InChI is InChI=1S/C9H22NO3P/c1-3-7-10-8-5-6-9-14(11,12)13-4-2/h10H,3-9H2,1-2H3,(H,11,12). The molecule has 4 nitrogen and oxygen atoms in total. The maximum atomic E-state index is 11.2. The Morgan fingerprint density at radius 1 is 1.29 bits per heavy atom. The lowest BCUT2D eigenvalue weighted by atomic mass is 10.3. The largest absolute Gasteiger partial charge is 0.328 e. The van der Waals surface area contributed by atoms with Gasteiger partial charge in [-0.15, -0.1) is 0 Å². The van der Waals surface area contributed by atoms with Crippen molar-refractivity contribution in [3.05, 3.63) is 0 Å². The monoisotopic (exact) mass is 223 g/mol. The molecule has 0 radical (unpaired) electrons. The maximum absolute atomic E-state index is 11.2. The summed E-state index contributed by atoms with van der Waals surface area (Å²) in [6.07, 6.45) is 3.06. The van der Waals surface area contributed by atoms with Gasteiger partial charge in [-0.05, 0) is 39.3 Å². The number of hydrogen-bond donors (Lipinski definition) is 2. The zero-order chi connectivity index (χ0) is 10.9. The molecule has 0 spiro atoms. The van der Waals surface area contributed by atoms with Crippen LogP contribution in [0.25, 0.3) is 0 Å². The lowest BCUT2D eigenvalue weighted by molar-refractivity contribution is 0.273. The number of hydrogen-bond acceptors (Lipinski definition) is 3. The van der Waals surface area contributed by atoms with Crippen molar-refractivity contribution in [3.8, 4) is 0 Å². The SMILES string of the molecule is CCCNCCCCP(=O)(O)OCC. The molecule has 2 N–H and O–H groups in total. The van der Waals surface area contributed by atoms with Crippen molar-refractivity contribution in [2.45, 2.75) is 33.1 Å². The molecule has 1 atom stereocenters. The van der Waals surface area contributed by atoms with Gasteiger partial charge in [0.25, 0.3) is 0 Å². The van der Waals surface area contributed by atoms with Crippen LogP contribution in [0.15, 0.2) is 0 Å². The van der Waals surface area contributed by atoms with Gasteiger partial charge in [0.1, 0.15) is 0 Å². The van der Waals surface area contributed by atoms with Crippen molar-refractivity contribution in [2.24, 2.45) is 0 Å². The van der Waals surface area contributed by atoms with Crippen LogP contribution in [-0.2, 0) is 9.09 Å². The van der Waals surface area contributed by atoms with Crippen molar-refractivity contribution >= 4 is 7.60 Å². The third kappa shape index (κ3) is 8.70. The van der Waals surface area contributed by atoms with E-state index >= 15 is 0 Å². The molecule has 86 valence electrons. The summed E-state index contributed by atoms with van der Waals surface area (Å²) in [7, 11) is -3.28. The first kappa shape index (κ1) is 14.1. The molecule has 1 unspecified atom stereocenters. The highest BCUT2D eigenvalue weighted by atomic mass is 31.2. The first-order chi connectivity index (χ1) is 6.62. The van der Waals surface area contributed by atoms with Crippen molar-refractivity contribution < 1.29 is 14.0 Å². The lowest BCUT2D eigenvalue weighted by Gasteiger charge is -2.10. The average molecular weight is 223 g/mol. The molecule has 0 amide bonds. The van der Waals surface area contributed by atoms with E-state index in [0.29, 0.717) is 6.61 Å². The van der Waals surface area contributed by atoms with Gasteiger partial charge < -0.3 is 14.7 Å². The van der Waals surface area contributed by atoms with Crippen LogP contribution in [0.2, 0.25) is 0 Å². The van der Waals surface area contributed by atoms with Crippen LogP contribution in [0.3, 0.4) is 0 Å². The van der Waals surface area contributed by atoms with Gasteiger partial charge in [0, 0.05) is 0 Å². The summed E-state index contributed by atoms with van der Waals surface area (Å²) in [4.78, 5) is 9.23. The fourth-order valence-electron chi connectivity index (χ4n) is 1.13. The second-order valence-electron chi connectivity index (χ2n) is 3.24. The minimum Gasteiger partial charge on any atom is -0.324 e. The Morgan fingerprint density at radius 2 is 2.00 bits per heavy atom. The molecule has 0 aromatic carbocycles. The zero-order valence-corrected chi connectivity index (χ0v) is 10.1. The molecule has 0 aliphatic heterocycles. The highest BCUT2D eigenvalue weighted by Crippen LogP contribution is 2.42. The normalized spacial score (nSPS) is 15.4. The molecule has 5 heteroatoms. The number of unbranched alkanes of at least 4 members (excludes halogenated alkanes) is 1. The van der Waals surface area contributed by atoms with Gasteiger partial charge in [-0.2, -0.15) is 0 Å². The Morgan fingerprint density at radius 3 is 2.57 bits per heavy atom. The molecular formula is C9H22NO3P. The maximum Gasteiger partial charge on any atom is 0.328 e. The number of nitrogens with one attached hydrogen (secondary N) is 1. The summed E-state index contributed by atoms with van der Waals surface area (Å²) in [5.74, 6) is 0. The first-order valence-electron chi connectivity index (χ1n) is 5.29. The molecule has 14 heavy (non-hydrogen) atoms. The van der Waals surface area contributed by atoms with Gasteiger partial charge in [-0.3, -0.25) is 4.57 Å². The van der Waals surface area contributed by atoms with Gasteiger partial charge in [-0.1, -0.05) is 6.92 Å². The molecule has 0 aliphatic carbocycles.